The Morgan fingerprint density at radius 1 is 1.18 bits per heavy atom. The standard InChI is InChI=1S/C20H17N3O4S/c1-20(9-12-6-7-14-15(8-12)27-11-26-14)18(24)23(19(25)22-20)10-17-21-13-4-2-3-5-16(13)28-17/h2-8H,9-11H2,1H3,(H,22,25)/t20-/m1/s1. The topological polar surface area (TPSA) is 80.8 Å². The lowest BCUT2D eigenvalue weighted by atomic mass is 9.92. The van der Waals surface area contributed by atoms with E-state index in [1.165, 1.54) is 16.2 Å². The van der Waals surface area contributed by atoms with Crippen molar-refractivity contribution in [3.63, 3.8) is 0 Å². The summed E-state index contributed by atoms with van der Waals surface area (Å²) in [5.41, 5.74) is 0.751. The molecule has 0 unspecified atom stereocenters. The van der Waals surface area contributed by atoms with Crippen LogP contribution in [0.3, 0.4) is 0 Å². The van der Waals surface area contributed by atoms with Crippen molar-refractivity contribution in [3.05, 3.63) is 53.0 Å². The first-order valence-electron chi connectivity index (χ1n) is 8.89. The largest absolute Gasteiger partial charge is 0.454 e. The molecule has 0 bridgehead atoms. The Morgan fingerprint density at radius 2 is 2.00 bits per heavy atom. The van der Waals surface area contributed by atoms with Crippen LogP contribution in [-0.4, -0.2) is 34.2 Å². The summed E-state index contributed by atoms with van der Waals surface area (Å²) in [7, 11) is 0. The minimum absolute atomic E-state index is 0.167. The molecule has 0 aliphatic carbocycles. The van der Waals surface area contributed by atoms with Gasteiger partial charge in [0.2, 0.25) is 6.79 Å². The van der Waals surface area contributed by atoms with Crippen LogP contribution in [-0.2, 0) is 17.8 Å². The number of hydrogen-bond donors (Lipinski definition) is 1. The van der Waals surface area contributed by atoms with Crippen molar-refractivity contribution in [2.45, 2.75) is 25.4 Å². The SMILES string of the molecule is C[C@]1(Cc2ccc3c(c2)OCO3)NC(=O)N(Cc2nc3ccccc3s2)C1=O. The lowest BCUT2D eigenvalue weighted by Crippen LogP contribution is -2.45. The molecule has 142 valence electrons. The third kappa shape index (κ3) is 2.77. The molecule has 2 aromatic carbocycles. The zero-order valence-electron chi connectivity index (χ0n) is 15.1. The van der Waals surface area contributed by atoms with Crippen LogP contribution in [0.15, 0.2) is 42.5 Å². The number of carbonyl (C=O) groups excluding carboxylic acids is 2. The van der Waals surface area contributed by atoms with Gasteiger partial charge in [-0.2, -0.15) is 0 Å². The summed E-state index contributed by atoms with van der Waals surface area (Å²) in [6, 6.07) is 12.9. The van der Waals surface area contributed by atoms with Gasteiger partial charge in [-0.05, 0) is 36.8 Å². The molecular formula is C20H17N3O4S. The van der Waals surface area contributed by atoms with Crippen LogP contribution in [0.5, 0.6) is 11.5 Å². The zero-order chi connectivity index (χ0) is 19.3. The molecule has 28 heavy (non-hydrogen) atoms. The van der Waals surface area contributed by atoms with Gasteiger partial charge in [0.05, 0.1) is 16.8 Å². The van der Waals surface area contributed by atoms with E-state index in [0.29, 0.717) is 17.9 Å². The first-order valence-corrected chi connectivity index (χ1v) is 9.71. The van der Waals surface area contributed by atoms with Crippen molar-refractivity contribution >= 4 is 33.5 Å². The summed E-state index contributed by atoms with van der Waals surface area (Å²) in [4.78, 5) is 31.4. The molecule has 1 atom stereocenters. The number of nitrogens with one attached hydrogen (secondary N) is 1. The molecule has 7 nitrogen and oxygen atoms in total. The maximum absolute atomic E-state index is 13.1. The Bertz CT molecular complexity index is 1080. The molecule has 1 N–H and O–H groups in total. The summed E-state index contributed by atoms with van der Waals surface area (Å²) in [6.07, 6.45) is 0.366. The van der Waals surface area contributed by atoms with E-state index < -0.39 is 11.6 Å². The van der Waals surface area contributed by atoms with Crippen molar-refractivity contribution < 1.29 is 19.1 Å². The van der Waals surface area contributed by atoms with Gasteiger partial charge in [-0.3, -0.25) is 9.69 Å². The molecule has 8 heteroatoms. The van der Waals surface area contributed by atoms with Gasteiger partial charge in [0.25, 0.3) is 5.91 Å². The number of thiazole rings is 1. The fraction of sp³-hybridized carbons (Fsp3) is 0.250. The molecule has 0 spiro atoms. The number of para-hydroxylation sites is 1. The van der Waals surface area contributed by atoms with Crippen LogP contribution in [0.1, 0.15) is 17.5 Å². The number of urea groups is 1. The predicted molar refractivity (Wildman–Crippen MR) is 103 cm³/mol. The third-order valence-corrected chi connectivity index (χ3v) is 5.99. The number of aromatic nitrogens is 1. The fourth-order valence-corrected chi connectivity index (χ4v) is 4.55. The van der Waals surface area contributed by atoms with Crippen molar-refractivity contribution in [1.82, 2.24) is 15.2 Å². The van der Waals surface area contributed by atoms with Gasteiger partial charge in [-0.15, -0.1) is 11.3 Å². The zero-order valence-corrected chi connectivity index (χ0v) is 15.9. The van der Waals surface area contributed by atoms with E-state index in [2.05, 4.69) is 10.3 Å². The molecule has 1 aromatic heterocycles. The number of carbonyl (C=O) groups is 2. The number of hydrogen-bond acceptors (Lipinski definition) is 6. The molecule has 0 radical (unpaired) electrons. The van der Waals surface area contributed by atoms with Gasteiger partial charge in [-0.25, -0.2) is 9.78 Å². The third-order valence-electron chi connectivity index (χ3n) is 4.97. The summed E-state index contributed by atoms with van der Waals surface area (Å²) in [5, 5.41) is 3.58. The van der Waals surface area contributed by atoms with Gasteiger partial charge in [0.1, 0.15) is 10.5 Å². The fourth-order valence-electron chi connectivity index (χ4n) is 3.59. The quantitative estimate of drug-likeness (QED) is 0.687. The van der Waals surface area contributed by atoms with Crippen LogP contribution < -0.4 is 14.8 Å². The molecule has 3 aromatic rings. The van der Waals surface area contributed by atoms with E-state index in [1.807, 2.05) is 42.5 Å². The number of imide groups is 1. The van der Waals surface area contributed by atoms with E-state index >= 15 is 0 Å². The van der Waals surface area contributed by atoms with Crippen LogP contribution in [0.4, 0.5) is 4.79 Å². The molecule has 1 saturated heterocycles. The smallest absolute Gasteiger partial charge is 0.325 e. The average molecular weight is 395 g/mol. The van der Waals surface area contributed by atoms with Gasteiger partial charge >= 0.3 is 6.03 Å². The second-order valence-corrected chi connectivity index (χ2v) is 8.21. The highest BCUT2D eigenvalue weighted by Crippen LogP contribution is 2.34. The highest BCUT2D eigenvalue weighted by Gasteiger charge is 2.48. The summed E-state index contributed by atoms with van der Waals surface area (Å²) >= 11 is 1.49. The summed E-state index contributed by atoms with van der Waals surface area (Å²) in [6.45, 7) is 2.11. The lowest BCUT2D eigenvalue weighted by Gasteiger charge is -2.21. The monoisotopic (exact) mass is 395 g/mol. The minimum atomic E-state index is -1.01. The number of benzene rings is 2. The minimum Gasteiger partial charge on any atom is -0.454 e. The second kappa shape index (κ2) is 6.20. The Kier molecular flexibility index (Phi) is 3.77. The van der Waals surface area contributed by atoms with Gasteiger partial charge < -0.3 is 14.8 Å². The normalized spacial score (nSPS) is 20.8. The number of amides is 3. The molecule has 3 amide bonds. The Balaban J connectivity index is 1.37. The van der Waals surface area contributed by atoms with E-state index in [1.54, 1.807) is 6.92 Å². The van der Waals surface area contributed by atoms with E-state index in [4.69, 9.17) is 9.47 Å². The van der Waals surface area contributed by atoms with Gasteiger partial charge in [0, 0.05) is 6.42 Å². The van der Waals surface area contributed by atoms with E-state index in [-0.39, 0.29) is 19.2 Å². The molecule has 1 fully saturated rings. The van der Waals surface area contributed by atoms with Gasteiger partial charge in [0.15, 0.2) is 11.5 Å². The number of ether oxygens (including phenoxy) is 2. The molecular weight excluding hydrogens is 378 g/mol. The number of rotatable bonds is 4. The number of nitrogens with zero attached hydrogens (tertiary/aromatic N) is 2. The van der Waals surface area contributed by atoms with Crippen LogP contribution in [0, 0.1) is 0 Å². The van der Waals surface area contributed by atoms with Crippen molar-refractivity contribution in [3.8, 4) is 11.5 Å². The molecule has 3 heterocycles. The predicted octanol–water partition coefficient (Wildman–Crippen LogP) is 3.08. The first kappa shape index (κ1) is 17.0. The Labute approximate surface area is 164 Å². The highest BCUT2D eigenvalue weighted by molar-refractivity contribution is 7.18. The van der Waals surface area contributed by atoms with Crippen molar-refractivity contribution in [1.29, 1.82) is 0 Å². The van der Waals surface area contributed by atoms with Gasteiger partial charge in [-0.1, -0.05) is 18.2 Å². The highest BCUT2D eigenvalue weighted by atomic mass is 32.1. The van der Waals surface area contributed by atoms with Crippen molar-refractivity contribution in [2.24, 2.45) is 0 Å². The van der Waals surface area contributed by atoms with E-state index in [9.17, 15) is 9.59 Å². The molecule has 0 saturated carbocycles. The molecule has 2 aliphatic rings. The molecule has 2 aliphatic heterocycles. The lowest BCUT2D eigenvalue weighted by molar-refractivity contribution is -0.131. The van der Waals surface area contributed by atoms with E-state index in [0.717, 1.165) is 20.8 Å². The van der Waals surface area contributed by atoms with Crippen molar-refractivity contribution in [2.75, 3.05) is 6.79 Å². The summed E-state index contributed by atoms with van der Waals surface area (Å²) < 4.78 is 11.8. The molecule has 5 rings (SSSR count). The summed E-state index contributed by atoms with van der Waals surface area (Å²) in [5.74, 6) is 1.09. The van der Waals surface area contributed by atoms with Crippen LogP contribution >= 0.6 is 11.3 Å². The Hall–Kier alpha value is -3.13. The maximum Gasteiger partial charge on any atom is 0.325 e. The maximum atomic E-state index is 13.1. The average Bonchev–Trinajstić information content (AvgIpc) is 3.35. The van der Waals surface area contributed by atoms with Crippen LogP contribution in [0.25, 0.3) is 10.2 Å². The second-order valence-electron chi connectivity index (χ2n) is 7.09. The first-order chi connectivity index (χ1) is 13.5. The number of fused-ring (bicyclic) bond motifs is 2. The Morgan fingerprint density at radius 3 is 2.86 bits per heavy atom. The van der Waals surface area contributed by atoms with Crippen LogP contribution in [0.2, 0.25) is 0 Å².